The third kappa shape index (κ3) is 2.58. The van der Waals surface area contributed by atoms with Crippen molar-refractivity contribution in [1.29, 1.82) is 0 Å². The first kappa shape index (κ1) is 14.2. The summed E-state index contributed by atoms with van der Waals surface area (Å²) in [5.74, 6) is 0. The zero-order valence-electron chi connectivity index (χ0n) is 12.7. The van der Waals surface area contributed by atoms with Gasteiger partial charge in [-0.3, -0.25) is 0 Å². The van der Waals surface area contributed by atoms with Gasteiger partial charge in [-0.2, -0.15) is 0 Å². The maximum atomic E-state index is 6.04. The minimum Gasteiger partial charge on any atom is -0.399 e. The van der Waals surface area contributed by atoms with Crippen LogP contribution < -0.4 is 16.1 Å². The number of nitrogens with zero attached hydrogens (tertiary/aromatic N) is 1. The molecule has 1 fully saturated rings. The second kappa shape index (κ2) is 4.42. The molecule has 0 spiro atoms. The minimum absolute atomic E-state index is 0.333. The second-order valence-corrected chi connectivity index (χ2v) is 6.34. The number of anilines is 2. The van der Waals surface area contributed by atoms with E-state index < -0.39 is 0 Å². The molecule has 0 aliphatic carbocycles. The maximum absolute atomic E-state index is 6.04. The summed E-state index contributed by atoms with van der Waals surface area (Å²) in [6.07, 6.45) is 0. The first-order valence-electron chi connectivity index (χ1n) is 6.56. The molecule has 1 heterocycles. The van der Waals surface area contributed by atoms with Gasteiger partial charge in [-0.25, -0.2) is 0 Å². The molecule has 1 saturated heterocycles. The molecule has 0 atom stereocenters. The molecule has 1 aliphatic heterocycles. The van der Waals surface area contributed by atoms with Crippen LogP contribution in [0.25, 0.3) is 0 Å². The molecular formula is C14H23BN2O2. The highest BCUT2D eigenvalue weighted by Crippen LogP contribution is 2.36. The molecule has 0 saturated carbocycles. The highest BCUT2D eigenvalue weighted by molar-refractivity contribution is 6.62. The van der Waals surface area contributed by atoms with Gasteiger partial charge in [-0.05, 0) is 51.4 Å². The van der Waals surface area contributed by atoms with E-state index in [1.54, 1.807) is 0 Å². The van der Waals surface area contributed by atoms with Crippen molar-refractivity contribution in [3.63, 3.8) is 0 Å². The van der Waals surface area contributed by atoms with Crippen LogP contribution in [0.15, 0.2) is 18.2 Å². The second-order valence-electron chi connectivity index (χ2n) is 6.34. The van der Waals surface area contributed by atoms with Crippen molar-refractivity contribution in [2.45, 2.75) is 38.9 Å². The average Bonchev–Trinajstić information content (AvgIpc) is 2.47. The van der Waals surface area contributed by atoms with Crippen LogP contribution >= 0.6 is 0 Å². The van der Waals surface area contributed by atoms with Crippen LogP contribution in [0.1, 0.15) is 27.7 Å². The standard InChI is InChI=1S/C14H23BN2O2/c1-13(2)14(3,4)19-15(18-13)10-7-11(16)9-12(8-10)17(5)6/h7-9H,16H2,1-6H3. The van der Waals surface area contributed by atoms with Crippen molar-refractivity contribution in [3.05, 3.63) is 18.2 Å². The Hall–Kier alpha value is -1.20. The monoisotopic (exact) mass is 262 g/mol. The van der Waals surface area contributed by atoms with Crippen LogP contribution in [0.5, 0.6) is 0 Å². The fourth-order valence-corrected chi connectivity index (χ4v) is 2.03. The van der Waals surface area contributed by atoms with Gasteiger partial charge in [0.15, 0.2) is 0 Å². The Morgan fingerprint density at radius 1 is 1.00 bits per heavy atom. The minimum atomic E-state index is -0.368. The van der Waals surface area contributed by atoms with Crippen LogP contribution in [0, 0.1) is 0 Å². The summed E-state index contributed by atoms with van der Waals surface area (Å²) in [5, 5.41) is 0. The lowest BCUT2D eigenvalue weighted by Gasteiger charge is -2.32. The van der Waals surface area contributed by atoms with Crippen LogP contribution in [-0.2, 0) is 9.31 Å². The van der Waals surface area contributed by atoms with E-state index >= 15 is 0 Å². The Bertz CT molecular complexity index is 470. The Morgan fingerprint density at radius 3 is 2.00 bits per heavy atom. The van der Waals surface area contributed by atoms with Gasteiger partial charge in [-0.15, -0.1) is 0 Å². The van der Waals surface area contributed by atoms with E-state index in [-0.39, 0.29) is 18.3 Å². The fourth-order valence-electron chi connectivity index (χ4n) is 2.03. The molecule has 2 N–H and O–H groups in total. The zero-order chi connectivity index (χ0) is 14.4. The summed E-state index contributed by atoms with van der Waals surface area (Å²) < 4.78 is 12.1. The Balaban J connectivity index is 2.34. The molecule has 1 aromatic carbocycles. The Kier molecular flexibility index (Phi) is 3.31. The van der Waals surface area contributed by atoms with E-state index in [0.717, 1.165) is 16.8 Å². The molecule has 19 heavy (non-hydrogen) atoms. The molecule has 2 rings (SSSR count). The zero-order valence-corrected chi connectivity index (χ0v) is 12.7. The largest absolute Gasteiger partial charge is 0.494 e. The average molecular weight is 262 g/mol. The molecule has 0 radical (unpaired) electrons. The number of hydrogen-bond donors (Lipinski definition) is 1. The summed E-state index contributed by atoms with van der Waals surface area (Å²) in [6, 6.07) is 5.91. The Labute approximate surface area is 116 Å². The molecule has 1 aromatic rings. The lowest BCUT2D eigenvalue weighted by atomic mass is 9.78. The van der Waals surface area contributed by atoms with Crippen LogP contribution in [0.3, 0.4) is 0 Å². The van der Waals surface area contributed by atoms with E-state index in [4.69, 9.17) is 15.0 Å². The lowest BCUT2D eigenvalue weighted by molar-refractivity contribution is 0.00578. The number of nitrogen functional groups attached to an aromatic ring is 1. The van der Waals surface area contributed by atoms with Gasteiger partial charge in [0, 0.05) is 25.5 Å². The van der Waals surface area contributed by atoms with Crippen LogP contribution in [0.4, 0.5) is 11.4 Å². The van der Waals surface area contributed by atoms with Gasteiger partial charge in [-0.1, -0.05) is 0 Å². The molecule has 4 nitrogen and oxygen atoms in total. The first-order chi connectivity index (χ1) is 8.62. The number of benzene rings is 1. The molecular weight excluding hydrogens is 239 g/mol. The molecule has 1 aliphatic rings. The highest BCUT2D eigenvalue weighted by atomic mass is 16.7. The fraction of sp³-hybridized carbons (Fsp3) is 0.571. The molecule has 0 unspecified atom stereocenters. The number of nitrogens with two attached hydrogens (primary N) is 1. The van der Waals surface area contributed by atoms with E-state index in [0.29, 0.717) is 0 Å². The van der Waals surface area contributed by atoms with Crippen molar-refractivity contribution in [1.82, 2.24) is 0 Å². The molecule has 0 bridgehead atoms. The van der Waals surface area contributed by atoms with Gasteiger partial charge < -0.3 is 19.9 Å². The van der Waals surface area contributed by atoms with Crippen molar-refractivity contribution in [2.75, 3.05) is 24.7 Å². The maximum Gasteiger partial charge on any atom is 0.494 e. The normalized spacial score (nSPS) is 20.6. The third-order valence-electron chi connectivity index (χ3n) is 4.00. The van der Waals surface area contributed by atoms with Crippen molar-refractivity contribution >= 4 is 24.0 Å². The predicted molar refractivity (Wildman–Crippen MR) is 80.9 cm³/mol. The van der Waals surface area contributed by atoms with E-state index in [1.165, 1.54) is 0 Å². The summed E-state index contributed by atoms with van der Waals surface area (Å²) in [4.78, 5) is 2.02. The van der Waals surface area contributed by atoms with E-state index in [2.05, 4.69) is 6.07 Å². The van der Waals surface area contributed by atoms with E-state index in [9.17, 15) is 0 Å². The quantitative estimate of drug-likeness (QED) is 0.650. The first-order valence-corrected chi connectivity index (χ1v) is 6.56. The van der Waals surface area contributed by atoms with Gasteiger partial charge >= 0.3 is 7.12 Å². The summed E-state index contributed by atoms with van der Waals surface area (Å²) in [5.41, 5.74) is 8.02. The number of hydrogen-bond acceptors (Lipinski definition) is 4. The smallest absolute Gasteiger partial charge is 0.399 e. The predicted octanol–water partition coefficient (Wildman–Crippen LogP) is 1.63. The summed E-state index contributed by atoms with van der Waals surface area (Å²) >= 11 is 0. The molecule has 104 valence electrons. The van der Waals surface area contributed by atoms with Gasteiger partial charge in [0.05, 0.1) is 11.2 Å². The van der Waals surface area contributed by atoms with Gasteiger partial charge in [0.1, 0.15) is 0 Å². The van der Waals surface area contributed by atoms with E-state index in [1.807, 2.05) is 58.8 Å². The van der Waals surface area contributed by atoms with Crippen LogP contribution in [-0.4, -0.2) is 32.4 Å². The van der Waals surface area contributed by atoms with Crippen molar-refractivity contribution in [2.24, 2.45) is 0 Å². The van der Waals surface area contributed by atoms with Crippen LogP contribution in [0.2, 0.25) is 0 Å². The third-order valence-corrected chi connectivity index (χ3v) is 4.00. The van der Waals surface area contributed by atoms with Crippen molar-refractivity contribution < 1.29 is 9.31 Å². The molecule has 0 amide bonds. The summed E-state index contributed by atoms with van der Waals surface area (Å²) in [6.45, 7) is 8.19. The van der Waals surface area contributed by atoms with Gasteiger partial charge in [0.2, 0.25) is 0 Å². The molecule has 5 heteroatoms. The highest BCUT2D eigenvalue weighted by Gasteiger charge is 2.51. The molecule has 0 aromatic heterocycles. The number of rotatable bonds is 2. The SMILES string of the molecule is CN(C)c1cc(N)cc(B2OC(C)(C)C(C)(C)O2)c1. The Morgan fingerprint density at radius 2 is 1.53 bits per heavy atom. The topological polar surface area (TPSA) is 47.7 Å². The lowest BCUT2D eigenvalue weighted by Crippen LogP contribution is -2.41. The van der Waals surface area contributed by atoms with Gasteiger partial charge in [0.25, 0.3) is 0 Å². The summed E-state index contributed by atoms with van der Waals surface area (Å²) in [7, 11) is 3.61. The van der Waals surface area contributed by atoms with Crippen molar-refractivity contribution in [3.8, 4) is 0 Å².